The van der Waals surface area contributed by atoms with E-state index in [-0.39, 0.29) is 5.54 Å². The molecule has 1 fully saturated rings. The molecule has 1 aliphatic heterocycles. The molecule has 134 valence electrons. The number of guanidine groups is 1. The molecule has 1 N–H and O–H groups in total. The van der Waals surface area contributed by atoms with Crippen molar-refractivity contribution in [3.63, 3.8) is 0 Å². The second kappa shape index (κ2) is 6.54. The van der Waals surface area contributed by atoms with Crippen molar-refractivity contribution in [1.29, 1.82) is 0 Å². The minimum atomic E-state index is 0.115. The third-order valence-corrected chi connectivity index (χ3v) is 5.75. The Hall–Kier alpha value is -2.30. The highest BCUT2D eigenvalue weighted by Gasteiger charge is 2.53. The number of aromatic nitrogens is 2. The van der Waals surface area contributed by atoms with E-state index in [0.29, 0.717) is 5.41 Å². The second-order valence-electron chi connectivity index (χ2n) is 7.98. The summed E-state index contributed by atoms with van der Waals surface area (Å²) in [6.07, 6.45) is 5.63. The van der Waals surface area contributed by atoms with Crippen LogP contribution in [0.25, 0.3) is 0 Å². The molecule has 0 bridgehead atoms. The van der Waals surface area contributed by atoms with Gasteiger partial charge >= 0.3 is 0 Å². The standard InChI is InChI=1S/C20H29N5/c1-19(2)14-25(20(19,3)4)18(21-5)23-12-16-6-8-17(9-7-16)13-24-11-10-22-15-24/h6-11,15H,12-14H2,1-5H3,(H,21,23). The van der Waals surface area contributed by atoms with Gasteiger partial charge < -0.3 is 14.8 Å². The van der Waals surface area contributed by atoms with Crippen molar-refractivity contribution in [3.8, 4) is 0 Å². The normalized spacial score (nSPS) is 18.8. The fourth-order valence-corrected chi connectivity index (χ4v) is 3.23. The molecule has 0 spiro atoms. The molecule has 0 unspecified atom stereocenters. The molecule has 0 radical (unpaired) electrons. The molecule has 0 saturated carbocycles. The van der Waals surface area contributed by atoms with E-state index >= 15 is 0 Å². The van der Waals surface area contributed by atoms with Crippen LogP contribution in [-0.4, -0.2) is 39.5 Å². The molecule has 0 aliphatic carbocycles. The van der Waals surface area contributed by atoms with Gasteiger partial charge in [0.25, 0.3) is 0 Å². The summed E-state index contributed by atoms with van der Waals surface area (Å²) in [5.74, 6) is 0.979. The summed E-state index contributed by atoms with van der Waals surface area (Å²) in [5.41, 5.74) is 2.95. The summed E-state index contributed by atoms with van der Waals surface area (Å²) in [7, 11) is 1.86. The van der Waals surface area contributed by atoms with Crippen LogP contribution in [0.5, 0.6) is 0 Å². The number of likely N-dealkylation sites (tertiary alicyclic amines) is 1. The summed E-state index contributed by atoms with van der Waals surface area (Å²) in [4.78, 5) is 10.9. The van der Waals surface area contributed by atoms with Gasteiger partial charge in [0.15, 0.2) is 5.96 Å². The van der Waals surface area contributed by atoms with Gasteiger partial charge in [0, 0.05) is 50.0 Å². The summed E-state index contributed by atoms with van der Waals surface area (Å²) >= 11 is 0. The Labute approximate surface area is 150 Å². The lowest BCUT2D eigenvalue weighted by atomic mass is 9.65. The molecule has 5 heteroatoms. The Balaban J connectivity index is 1.57. The fourth-order valence-electron chi connectivity index (χ4n) is 3.23. The van der Waals surface area contributed by atoms with Crippen molar-refractivity contribution in [3.05, 3.63) is 54.1 Å². The Kier molecular flexibility index (Phi) is 4.58. The third kappa shape index (κ3) is 3.41. The molecule has 2 aromatic rings. The summed E-state index contributed by atoms with van der Waals surface area (Å²) in [6, 6.07) is 8.71. The van der Waals surface area contributed by atoms with Gasteiger partial charge in [0.05, 0.1) is 6.33 Å². The van der Waals surface area contributed by atoms with Gasteiger partial charge in [-0.2, -0.15) is 0 Å². The first-order valence-electron chi connectivity index (χ1n) is 8.85. The first kappa shape index (κ1) is 17.5. The largest absolute Gasteiger partial charge is 0.352 e. The fraction of sp³-hybridized carbons (Fsp3) is 0.500. The smallest absolute Gasteiger partial charge is 0.194 e. The molecule has 1 aromatic carbocycles. The predicted octanol–water partition coefficient (Wildman–Crippen LogP) is 3.13. The Bertz CT molecular complexity index is 726. The average Bonchev–Trinajstić information content (AvgIpc) is 3.09. The van der Waals surface area contributed by atoms with E-state index in [1.807, 2.05) is 25.8 Å². The molecule has 1 saturated heterocycles. The lowest BCUT2D eigenvalue weighted by Crippen LogP contribution is -2.72. The summed E-state index contributed by atoms with van der Waals surface area (Å²) in [6.45, 7) is 11.9. The van der Waals surface area contributed by atoms with E-state index in [0.717, 1.165) is 25.6 Å². The zero-order chi connectivity index (χ0) is 18.1. The maximum Gasteiger partial charge on any atom is 0.194 e. The lowest BCUT2D eigenvalue weighted by Gasteiger charge is -2.62. The van der Waals surface area contributed by atoms with Crippen molar-refractivity contribution in [2.45, 2.75) is 46.3 Å². The van der Waals surface area contributed by atoms with E-state index < -0.39 is 0 Å². The second-order valence-corrected chi connectivity index (χ2v) is 7.98. The number of imidazole rings is 1. The molecular formula is C20H29N5. The van der Waals surface area contributed by atoms with E-state index in [2.05, 4.69) is 76.7 Å². The Morgan fingerprint density at radius 2 is 1.84 bits per heavy atom. The van der Waals surface area contributed by atoms with Crippen LogP contribution < -0.4 is 5.32 Å². The summed E-state index contributed by atoms with van der Waals surface area (Å²) < 4.78 is 2.07. The number of hydrogen-bond acceptors (Lipinski definition) is 2. The highest BCUT2D eigenvalue weighted by molar-refractivity contribution is 5.82. The lowest BCUT2D eigenvalue weighted by molar-refractivity contribution is -0.0667. The van der Waals surface area contributed by atoms with Crippen LogP contribution in [-0.2, 0) is 13.1 Å². The van der Waals surface area contributed by atoms with Crippen molar-refractivity contribution in [2.75, 3.05) is 13.6 Å². The van der Waals surface area contributed by atoms with Crippen molar-refractivity contribution in [2.24, 2.45) is 10.4 Å². The van der Waals surface area contributed by atoms with Gasteiger partial charge in [-0.25, -0.2) is 4.98 Å². The minimum absolute atomic E-state index is 0.115. The number of rotatable bonds is 4. The molecule has 1 aliphatic rings. The molecule has 2 heterocycles. The molecule has 5 nitrogen and oxygen atoms in total. The van der Waals surface area contributed by atoms with Gasteiger partial charge in [-0.15, -0.1) is 0 Å². The van der Waals surface area contributed by atoms with E-state index in [9.17, 15) is 0 Å². The van der Waals surface area contributed by atoms with Crippen LogP contribution in [0.4, 0.5) is 0 Å². The number of benzene rings is 1. The average molecular weight is 339 g/mol. The van der Waals surface area contributed by atoms with Crippen LogP contribution in [0.3, 0.4) is 0 Å². The maximum atomic E-state index is 4.47. The van der Waals surface area contributed by atoms with E-state index in [4.69, 9.17) is 0 Å². The zero-order valence-corrected chi connectivity index (χ0v) is 16.0. The van der Waals surface area contributed by atoms with E-state index in [1.165, 1.54) is 11.1 Å². The highest BCUT2D eigenvalue weighted by Crippen LogP contribution is 2.46. The van der Waals surface area contributed by atoms with Crippen LogP contribution in [0.2, 0.25) is 0 Å². The van der Waals surface area contributed by atoms with Crippen LogP contribution in [0.1, 0.15) is 38.8 Å². The topological polar surface area (TPSA) is 45.5 Å². The van der Waals surface area contributed by atoms with Crippen LogP contribution in [0.15, 0.2) is 48.0 Å². The van der Waals surface area contributed by atoms with Crippen molar-refractivity contribution < 1.29 is 0 Å². The minimum Gasteiger partial charge on any atom is -0.352 e. The first-order valence-corrected chi connectivity index (χ1v) is 8.85. The third-order valence-electron chi connectivity index (χ3n) is 5.75. The zero-order valence-electron chi connectivity index (χ0n) is 16.0. The number of hydrogen-bond donors (Lipinski definition) is 1. The quantitative estimate of drug-likeness (QED) is 0.688. The predicted molar refractivity (Wildman–Crippen MR) is 103 cm³/mol. The number of aliphatic imine (C=N–C) groups is 1. The molecule has 1 aromatic heterocycles. The van der Waals surface area contributed by atoms with Gasteiger partial charge in [-0.1, -0.05) is 38.1 Å². The molecular weight excluding hydrogens is 310 g/mol. The SMILES string of the molecule is CN=C(NCc1ccc(Cn2ccnc2)cc1)N1CC(C)(C)C1(C)C. The maximum absolute atomic E-state index is 4.47. The van der Waals surface area contributed by atoms with Gasteiger partial charge in [-0.05, 0) is 25.0 Å². The first-order chi connectivity index (χ1) is 11.8. The van der Waals surface area contributed by atoms with Crippen molar-refractivity contribution >= 4 is 5.96 Å². The van der Waals surface area contributed by atoms with Crippen molar-refractivity contribution in [1.82, 2.24) is 19.8 Å². The van der Waals surface area contributed by atoms with Gasteiger partial charge in [-0.3, -0.25) is 4.99 Å². The Morgan fingerprint density at radius 1 is 1.16 bits per heavy atom. The molecule has 0 atom stereocenters. The Morgan fingerprint density at radius 3 is 2.36 bits per heavy atom. The van der Waals surface area contributed by atoms with Crippen LogP contribution in [0, 0.1) is 5.41 Å². The number of nitrogens with zero attached hydrogens (tertiary/aromatic N) is 4. The highest BCUT2D eigenvalue weighted by atomic mass is 15.4. The van der Waals surface area contributed by atoms with Crippen LogP contribution >= 0.6 is 0 Å². The molecule has 0 amide bonds. The van der Waals surface area contributed by atoms with Gasteiger partial charge in [0.1, 0.15) is 0 Å². The number of nitrogens with one attached hydrogen (secondary N) is 1. The summed E-state index contributed by atoms with van der Waals surface area (Å²) in [5, 5.41) is 3.51. The molecule has 3 rings (SSSR count). The van der Waals surface area contributed by atoms with Gasteiger partial charge in [0.2, 0.25) is 0 Å². The monoisotopic (exact) mass is 339 g/mol. The van der Waals surface area contributed by atoms with E-state index in [1.54, 1.807) is 0 Å². The molecule has 25 heavy (non-hydrogen) atoms.